The van der Waals surface area contributed by atoms with Crippen LogP contribution >= 0.6 is 11.5 Å². The van der Waals surface area contributed by atoms with Crippen molar-refractivity contribution < 1.29 is 4.39 Å². The number of halogens is 1. The third kappa shape index (κ3) is 2.06. The van der Waals surface area contributed by atoms with E-state index in [9.17, 15) is 4.39 Å². The highest BCUT2D eigenvalue weighted by atomic mass is 32.1. The molecule has 1 aliphatic heterocycles. The smallest absolute Gasteiger partial charge is 0.146 e. The fourth-order valence-electron chi connectivity index (χ4n) is 1.74. The van der Waals surface area contributed by atoms with Crippen molar-refractivity contribution in [2.75, 3.05) is 13.1 Å². The van der Waals surface area contributed by atoms with Gasteiger partial charge in [-0.1, -0.05) is 0 Å². The van der Waals surface area contributed by atoms with Gasteiger partial charge in [-0.05, 0) is 49.4 Å². The molecule has 2 rings (SSSR count). The first-order valence-electron chi connectivity index (χ1n) is 4.63. The number of alkyl halides is 1. The van der Waals surface area contributed by atoms with E-state index >= 15 is 0 Å². The van der Waals surface area contributed by atoms with Crippen LogP contribution in [-0.4, -0.2) is 17.5 Å². The SMILES string of the molecule is FC(c1ccsn1)C1CCNCC1. The van der Waals surface area contributed by atoms with Crippen molar-refractivity contribution in [1.82, 2.24) is 9.69 Å². The first-order valence-corrected chi connectivity index (χ1v) is 5.46. The summed E-state index contributed by atoms with van der Waals surface area (Å²) in [7, 11) is 0. The lowest BCUT2D eigenvalue weighted by molar-refractivity contribution is 0.187. The number of hydrogen-bond donors (Lipinski definition) is 1. The normalized spacial score (nSPS) is 21.6. The molecule has 1 N–H and O–H groups in total. The number of piperidine rings is 1. The van der Waals surface area contributed by atoms with Crippen LogP contribution in [0.1, 0.15) is 24.7 Å². The minimum Gasteiger partial charge on any atom is -0.317 e. The van der Waals surface area contributed by atoms with Gasteiger partial charge in [0.1, 0.15) is 6.17 Å². The highest BCUT2D eigenvalue weighted by Crippen LogP contribution is 2.31. The molecule has 2 nitrogen and oxygen atoms in total. The van der Waals surface area contributed by atoms with Gasteiger partial charge in [0.25, 0.3) is 0 Å². The molecule has 1 unspecified atom stereocenters. The van der Waals surface area contributed by atoms with E-state index in [0.717, 1.165) is 25.9 Å². The van der Waals surface area contributed by atoms with Crippen LogP contribution in [0.15, 0.2) is 11.4 Å². The molecule has 1 aromatic rings. The number of hydrogen-bond acceptors (Lipinski definition) is 3. The number of nitrogens with one attached hydrogen (secondary N) is 1. The Kier molecular flexibility index (Phi) is 2.90. The fraction of sp³-hybridized carbons (Fsp3) is 0.667. The lowest BCUT2D eigenvalue weighted by Gasteiger charge is -2.24. The summed E-state index contributed by atoms with van der Waals surface area (Å²) in [5.41, 5.74) is 0.622. The minimum atomic E-state index is -0.853. The molecule has 4 heteroatoms. The van der Waals surface area contributed by atoms with Gasteiger partial charge in [-0.3, -0.25) is 0 Å². The van der Waals surface area contributed by atoms with E-state index in [2.05, 4.69) is 9.69 Å². The molecule has 0 aromatic carbocycles. The molecule has 1 fully saturated rings. The Balaban J connectivity index is 1.99. The van der Waals surface area contributed by atoms with Gasteiger partial charge in [0, 0.05) is 5.38 Å². The second-order valence-corrected chi connectivity index (χ2v) is 4.08. The van der Waals surface area contributed by atoms with Gasteiger partial charge in [0.05, 0.1) is 5.69 Å². The van der Waals surface area contributed by atoms with Gasteiger partial charge in [-0.15, -0.1) is 0 Å². The molecule has 1 atom stereocenters. The monoisotopic (exact) mass is 200 g/mol. The molecule has 1 saturated heterocycles. The van der Waals surface area contributed by atoms with E-state index in [1.807, 2.05) is 5.38 Å². The summed E-state index contributed by atoms with van der Waals surface area (Å²) in [6.45, 7) is 1.88. The third-order valence-electron chi connectivity index (χ3n) is 2.54. The maximum atomic E-state index is 13.8. The van der Waals surface area contributed by atoms with Crippen molar-refractivity contribution in [3.05, 3.63) is 17.1 Å². The van der Waals surface area contributed by atoms with Crippen LogP contribution in [0, 0.1) is 5.92 Å². The van der Waals surface area contributed by atoms with Crippen molar-refractivity contribution in [2.45, 2.75) is 19.0 Å². The van der Waals surface area contributed by atoms with Gasteiger partial charge in [0.15, 0.2) is 0 Å². The Morgan fingerprint density at radius 1 is 1.54 bits per heavy atom. The lowest BCUT2D eigenvalue weighted by Crippen LogP contribution is -2.29. The molecular formula is C9H13FN2S. The minimum absolute atomic E-state index is 0.170. The Bertz CT molecular complexity index is 244. The van der Waals surface area contributed by atoms with Crippen molar-refractivity contribution >= 4 is 11.5 Å². The van der Waals surface area contributed by atoms with Crippen LogP contribution < -0.4 is 5.32 Å². The summed E-state index contributed by atoms with van der Waals surface area (Å²) >= 11 is 1.33. The van der Waals surface area contributed by atoms with E-state index in [4.69, 9.17) is 0 Å². The van der Waals surface area contributed by atoms with Crippen LogP contribution in [0.3, 0.4) is 0 Å². The highest BCUT2D eigenvalue weighted by molar-refractivity contribution is 7.03. The maximum absolute atomic E-state index is 13.8. The average Bonchev–Trinajstić information content (AvgIpc) is 2.71. The number of nitrogens with zero attached hydrogens (tertiary/aromatic N) is 1. The second kappa shape index (κ2) is 4.15. The van der Waals surface area contributed by atoms with Gasteiger partial charge in [-0.2, -0.15) is 4.37 Å². The molecule has 0 amide bonds. The van der Waals surface area contributed by atoms with E-state index in [1.165, 1.54) is 11.5 Å². The van der Waals surface area contributed by atoms with Crippen LogP contribution in [0.4, 0.5) is 4.39 Å². The summed E-state index contributed by atoms with van der Waals surface area (Å²) in [6, 6.07) is 1.79. The van der Waals surface area contributed by atoms with E-state index in [-0.39, 0.29) is 5.92 Å². The highest BCUT2D eigenvalue weighted by Gasteiger charge is 2.25. The zero-order valence-electron chi connectivity index (χ0n) is 7.37. The first kappa shape index (κ1) is 9.09. The van der Waals surface area contributed by atoms with E-state index in [1.54, 1.807) is 6.07 Å². The summed E-state index contributed by atoms with van der Waals surface area (Å²) in [4.78, 5) is 0. The van der Waals surface area contributed by atoms with Crippen LogP contribution in [-0.2, 0) is 0 Å². The Hall–Kier alpha value is -0.480. The number of aromatic nitrogens is 1. The van der Waals surface area contributed by atoms with Crippen LogP contribution in [0.2, 0.25) is 0 Å². The van der Waals surface area contributed by atoms with Crippen molar-refractivity contribution in [1.29, 1.82) is 0 Å². The molecular weight excluding hydrogens is 187 g/mol. The van der Waals surface area contributed by atoms with E-state index in [0.29, 0.717) is 5.69 Å². The summed E-state index contributed by atoms with van der Waals surface area (Å²) in [5, 5.41) is 5.07. The molecule has 72 valence electrons. The third-order valence-corrected chi connectivity index (χ3v) is 3.11. The van der Waals surface area contributed by atoms with Gasteiger partial charge < -0.3 is 5.32 Å². The molecule has 0 radical (unpaired) electrons. The second-order valence-electron chi connectivity index (χ2n) is 3.41. The molecule has 2 heterocycles. The zero-order chi connectivity index (χ0) is 9.10. The topological polar surface area (TPSA) is 24.9 Å². The maximum Gasteiger partial charge on any atom is 0.146 e. The predicted molar refractivity (Wildman–Crippen MR) is 51.6 cm³/mol. The number of rotatable bonds is 2. The molecule has 0 aliphatic carbocycles. The van der Waals surface area contributed by atoms with E-state index < -0.39 is 6.17 Å². The standard InChI is InChI=1S/C9H13FN2S/c10-9(8-3-6-13-12-8)7-1-4-11-5-2-7/h3,6-7,9,11H,1-2,4-5H2. The molecule has 0 bridgehead atoms. The predicted octanol–water partition coefficient (Wildman–Crippen LogP) is 2.15. The van der Waals surface area contributed by atoms with Gasteiger partial charge >= 0.3 is 0 Å². The largest absolute Gasteiger partial charge is 0.317 e. The van der Waals surface area contributed by atoms with Crippen LogP contribution in [0.5, 0.6) is 0 Å². The van der Waals surface area contributed by atoms with Gasteiger partial charge in [0.2, 0.25) is 0 Å². The molecule has 13 heavy (non-hydrogen) atoms. The Morgan fingerprint density at radius 2 is 2.31 bits per heavy atom. The Morgan fingerprint density at radius 3 is 2.92 bits per heavy atom. The van der Waals surface area contributed by atoms with Crippen molar-refractivity contribution in [3.8, 4) is 0 Å². The molecule has 0 saturated carbocycles. The molecule has 0 spiro atoms. The fourth-order valence-corrected chi connectivity index (χ4v) is 2.29. The van der Waals surface area contributed by atoms with Crippen molar-refractivity contribution in [3.63, 3.8) is 0 Å². The van der Waals surface area contributed by atoms with Crippen LogP contribution in [0.25, 0.3) is 0 Å². The average molecular weight is 200 g/mol. The molecule has 1 aliphatic rings. The first-order chi connectivity index (χ1) is 6.38. The van der Waals surface area contributed by atoms with Gasteiger partial charge in [-0.25, -0.2) is 4.39 Å². The molecule has 1 aromatic heterocycles. The summed E-state index contributed by atoms with van der Waals surface area (Å²) in [6.07, 6.45) is 1.01. The summed E-state index contributed by atoms with van der Waals surface area (Å²) in [5.74, 6) is 0.170. The summed E-state index contributed by atoms with van der Waals surface area (Å²) < 4.78 is 17.8. The lowest BCUT2D eigenvalue weighted by atomic mass is 9.91. The quantitative estimate of drug-likeness (QED) is 0.791. The Labute approximate surface area is 81.3 Å². The van der Waals surface area contributed by atoms with Crippen molar-refractivity contribution in [2.24, 2.45) is 5.92 Å². The zero-order valence-corrected chi connectivity index (χ0v) is 8.19.